The second-order valence-electron chi connectivity index (χ2n) is 1.31. The molecule has 0 bridgehead atoms. The number of hydrogen-bond acceptors (Lipinski definition) is 4. The number of hydrazine groups is 1. The summed E-state index contributed by atoms with van der Waals surface area (Å²) in [4.78, 5) is 23.6. The fourth-order valence-corrected chi connectivity index (χ4v) is 0.385. The van der Waals surface area contributed by atoms with Gasteiger partial charge in [-0.2, -0.15) is 0 Å². The lowest BCUT2D eigenvalue weighted by Gasteiger charge is -2.05. The van der Waals surface area contributed by atoms with Crippen LogP contribution in [0.5, 0.6) is 0 Å². The first-order valence-electron chi connectivity index (χ1n) is 2.18. The Kier molecular flexibility index (Phi) is 1.29. The molecule has 0 atom stereocenters. The molecule has 2 N–H and O–H groups in total. The molecule has 0 aliphatic carbocycles. The van der Waals surface area contributed by atoms with E-state index in [2.05, 4.69) is 15.8 Å². The van der Waals surface area contributed by atoms with Crippen molar-refractivity contribution in [2.24, 2.45) is 4.99 Å². The highest BCUT2D eigenvalue weighted by molar-refractivity contribution is 6.03. The van der Waals surface area contributed by atoms with Crippen LogP contribution in [0.1, 0.15) is 0 Å². The first-order valence-corrected chi connectivity index (χ1v) is 2.18. The minimum atomic E-state index is -0.562. The van der Waals surface area contributed by atoms with Gasteiger partial charge in [-0.25, -0.2) is 9.79 Å². The molecule has 0 saturated heterocycles. The lowest BCUT2D eigenvalue weighted by atomic mass is 10.5. The second kappa shape index (κ2) is 2.11. The van der Waals surface area contributed by atoms with Gasteiger partial charge in [0.2, 0.25) is 5.70 Å². The largest absolute Gasteiger partial charge is 0.299 e. The van der Waals surface area contributed by atoms with E-state index < -0.39 is 5.91 Å². The number of nitrogens with one attached hydrogen (secondary N) is 2. The SMILES string of the molecule is O=C=C1N=CNNC1=O. The van der Waals surface area contributed by atoms with Crippen molar-refractivity contribution < 1.29 is 9.59 Å². The predicted molar refractivity (Wildman–Crippen MR) is 29.0 cm³/mol. The van der Waals surface area contributed by atoms with Gasteiger partial charge in [-0.3, -0.25) is 15.6 Å². The summed E-state index contributed by atoms with van der Waals surface area (Å²) in [6.45, 7) is 0. The highest BCUT2D eigenvalue weighted by Gasteiger charge is 2.10. The zero-order valence-corrected chi connectivity index (χ0v) is 4.34. The molecule has 1 heterocycles. The van der Waals surface area contributed by atoms with Crippen molar-refractivity contribution in [1.29, 1.82) is 0 Å². The van der Waals surface area contributed by atoms with E-state index in [4.69, 9.17) is 0 Å². The molecule has 0 radical (unpaired) electrons. The lowest BCUT2D eigenvalue weighted by molar-refractivity contribution is -0.118. The minimum absolute atomic E-state index is 0.242. The Labute approximate surface area is 50.4 Å². The zero-order chi connectivity index (χ0) is 6.69. The standard InChI is InChI=1S/C4H3N3O2/c8-1-3-4(9)7-6-2-5-3/h2H,(H,5,6)(H,7,9). The topological polar surface area (TPSA) is 70.6 Å². The average Bonchev–Trinajstić information content (AvgIpc) is 1.89. The highest BCUT2D eigenvalue weighted by atomic mass is 16.2. The number of amides is 1. The smallest absolute Gasteiger partial charge is 0.288 e. The van der Waals surface area contributed by atoms with Crippen molar-refractivity contribution in [3.8, 4) is 0 Å². The molecule has 46 valence electrons. The number of aliphatic imine (C=N–C) groups is 1. The van der Waals surface area contributed by atoms with Crippen molar-refractivity contribution in [2.45, 2.75) is 0 Å². The maximum atomic E-state index is 10.4. The summed E-state index contributed by atoms with van der Waals surface area (Å²) in [6, 6.07) is 0. The Hall–Kier alpha value is -1.61. The number of carbonyl (C=O) groups excluding carboxylic acids is 2. The Morgan fingerprint density at radius 3 is 2.89 bits per heavy atom. The van der Waals surface area contributed by atoms with Gasteiger partial charge in [0, 0.05) is 0 Å². The van der Waals surface area contributed by atoms with Crippen molar-refractivity contribution in [3.05, 3.63) is 5.70 Å². The van der Waals surface area contributed by atoms with E-state index >= 15 is 0 Å². The average molecular weight is 125 g/mol. The van der Waals surface area contributed by atoms with Gasteiger partial charge in [-0.15, -0.1) is 0 Å². The van der Waals surface area contributed by atoms with E-state index in [0.29, 0.717) is 0 Å². The normalized spacial score (nSPS) is 16.0. The summed E-state index contributed by atoms with van der Waals surface area (Å²) in [5, 5.41) is 0. The van der Waals surface area contributed by atoms with Gasteiger partial charge in [0.25, 0.3) is 5.91 Å². The third-order valence-corrected chi connectivity index (χ3v) is 0.756. The van der Waals surface area contributed by atoms with Crippen LogP contribution in [-0.4, -0.2) is 18.2 Å². The Morgan fingerprint density at radius 1 is 1.67 bits per heavy atom. The fraction of sp³-hybridized carbons (Fsp3) is 0. The quantitative estimate of drug-likeness (QED) is 0.301. The van der Waals surface area contributed by atoms with Crippen molar-refractivity contribution in [3.63, 3.8) is 0 Å². The lowest BCUT2D eigenvalue weighted by Crippen LogP contribution is -2.40. The summed E-state index contributed by atoms with van der Waals surface area (Å²) in [6.07, 6.45) is 1.20. The number of hydrogen-bond donors (Lipinski definition) is 2. The van der Waals surface area contributed by atoms with E-state index in [1.54, 1.807) is 0 Å². The molecule has 1 aliphatic heterocycles. The number of rotatable bonds is 0. The van der Waals surface area contributed by atoms with Crippen LogP contribution in [0.3, 0.4) is 0 Å². The van der Waals surface area contributed by atoms with Gasteiger partial charge in [0.05, 0.1) is 0 Å². The molecule has 5 heteroatoms. The van der Waals surface area contributed by atoms with Crippen LogP contribution < -0.4 is 10.9 Å². The first kappa shape index (κ1) is 5.53. The van der Waals surface area contributed by atoms with Gasteiger partial charge in [-0.1, -0.05) is 0 Å². The second-order valence-corrected chi connectivity index (χ2v) is 1.31. The first-order chi connectivity index (χ1) is 4.34. The third kappa shape index (κ3) is 0.949. The molecule has 1 amide bonds. The van der Waals surface area contributed by atoms with Crippen LogP contribution in [0.25, 0.3) is 0 Å². The van der Waals surface area contributed by atoms with Crippen LogP contribution >= 0.6 is 0 Å². The predicted octanol–water partition coefficient (Wildman–Crippen LogP) is -1.64. The molecule has 0 unspecified atom stereocenters. The van der Waals surface area contributed by atoms with Crippen molar-refractivity contribution in [1.82, 2.24) is 10.9 Å². The van der Waals surface area contributed by atoms with E-state index in [9.17, 15) is 9.59 Å². The maximum absolute atomic E-state index is 10.4. The van der Waals surface area contributed by atoms with E-state index in [1.807, 2.05) is 0 Å². The molecule has 0 saturated carbocycles. The van der Waals surface area contributed by atoms with Gasteiger partial charge >= 0.3 is 0 Å². The molecule has 0 fully saturated rings. The van der Waals surface area contributed by atoms with Crippen LogP contribution in [0.15, 0.2) is 10.7 Å². The molecule has 9 heavy (non-hydrogen) atoms. The highest BCUT2D eigenvalue weighted by Crippen LogP contribution is 1.89. The van der Waals surface area contributed by atoms with Gasteiger partial charge in [-0.05, 0) is 0 Å². The van der Waals surface area contributed by atoms with E-state index in [1.165, 1.54) is 12.3 Å². The summed E-state index contributed by atoms with van der Waals surface area (Å²) in [5.41, 5.74) is 4.21. The zero-order valence-electron chi connectivity index (χ0n) is 4.34. The molecule has 0 aromatic rings. The molecule has 1 aliphatic rings. The van der Waals surface area contributed by atoms with Crippen molar-refractivity contribution in [2.75, 3.05) is 0 Å². The maximum Gasteiger partial charge on any atom is 0.299 e. The van der Waals surface area contributed by atoms with E-state index in [0.717, 1.165) is 0 Å². The molecular formula is C4H3N3O2. The Morgan fingerprint density at radius 2 is 2.44 bits per heavy atom. The van der Waals surface area contributed by atoms with Gasteiger partial charge in [0.1, 0.15) is 6.34 Å². The molecule has 0 spiro atoms. The summed E-state index contributed by atoms with van der Waals surface area (Å²) < 4.78 is 0. The summed E-state index contributed by atoms with van der Waals surface area (Å²) in [5.74, 6) is 0.808. The van der Waals surface area contributed by atoms with E-state index in [-0.39, 0.29) is 5.70 Å². The Bertz CT molecular complexity index is 214. The van der Waals surface area contributed by atoms with Crippen LogP contribution in [0.4, 0.5) is 0 Å². The monoisotopic (exact) mass is 125 g/mol. The summed E-state index contributed by atoms with van der Waals surface area (Å²) >= 11 is 0. The third-order valence-electron chi connectivity index (χ3n) is 0.756. The molecule has 0 aromatic carbocycles. The van der Waals surface area contributed by atoms with Crippen molar-refractivity contribution >= 4 is 18.2 Å². The Balaban J connectivity index is 2.94. The molecule has 0 aromatic heterocycles. The number of carbonyl (C=O) groups is 1. The molecule has 5 nitrogen and oxygen atoms in total. The molecule has 1 rings (SSSR count). The van der Waals surface area contributed by atoms with Gasteiger partial charge < -0.3 is 0 Å². The fourth-order valence-electron chi connectivity index (χ4n) is 0.385. The van der Waals surface area contributed by atoms with Gasteiger partial charge in [0.15, 0.2) is 5.94 Å². The van der Waals surface area contributed by atoms with Crippen LogP contribution in [0.2, 0.25) is 0 Å². The molecular weight excluding hydrogens is 122 g/mol. The van der Waals surface area contributed by atoms with Crippen LogP contribution in [0, 0.1) is 0 Å². The minimum Gasteiger partial charge on any atom is -0.288 e. The number of nitrogens with zero attached hydrogens (tertiary/aromatic N) is 1. The van der Waals surface area contributed by atoms with Crippen LogP contribution in [-0.2, 0) is 9.59 Å². The summed E-state index contributed by atoms with van der Waals surface area (Å²) in [7, 11) is 0.